The van der Waals surface area contributed by atoms with E-state index < -0.39 is 0 Å². The number of para-hydroxylation sites is 1. The Kier molecular flexibility index (Phi) is 2.46. The molecule has 2 aromatic heterocycles. The highest BCUT2D eigenvalue weighted by molar-refractivity contribution is 9.10. The SMILES string of the molecule is O=C1CCc2c1c1cc(Br)ccc1n1c(=O)c3ccccc3n21. The van der Waals surface area contributed by atoms with Gasteiger partial charge < -0.3 is 0 Å². The Hall–Kier alpha value is -2.40. The molecule has 23 heavy (non-hydrogen) atoms. The maximum Gasteiger partial charge on any atom is 0.279 e. The highest BCUT2D eigenvalue weighted by Crippen LogP contribution is 2.32. The molecule has 5 heteroatoms. The van der Waals surface area contributed by atoms with Crippen LogP contribution >= 0.6 is 15.9 Å². The Balaban J connectivity index is 2.21. The van der Waals surface area contributed by atoms with Gasteiger partial charge in [0.1, 0.15) is 0 Å². The third-order valence-electron chi connectivity index (χ3n) is 4.62. The van der Waals surface area contributed by atoms with Gasteiger partial charge in [0.25, 0.3) is 5.56 Å². The van der Waals surface area contributed by atoms with Gasteiger partial charge in [-0.2, -0.15) is 0 Å². The summed E-state index contributed by atoms with van der Waals surface area (Å²) in [7, 11) is 0. The second kappa shape index (κ2) is 4.32. The number of hydrogen-bond acceptors (Lipinski definition) is 2. The van der Waals surface area contributed by atoms with Gasteiger partial charge in [-0.25, -0.2) is 9.03 Å². The molecule has 2 heterocycles. The van der Waals surface area contributed by atoms with Crippen molar-refractivity contribution in [2.24, 2.45) is 0 Å². The fourth-order valence-electron chi connectivity index (χ4n) is 3.69. The van der Waals surface area contributed by atoms with Crippen LogP contribution in [0.2, 0.25) is 0 Å². The molecule has 4 aromatic rings. The van der Waals surface area contributed by atoms with Gasteiger partial charge in [-0.15, -0.1) is 0 Å². The lowest BCUT2D eigenvalue weighted by Gasteiger charge is -2.11. The zero-order valence-electron chi connectivity index (χ0n) is 12.0. The van der Waals surface area contributed by atoms with Crippen molar-refractivity contribution in [3.63, 3.8) is 0 Å². The summed E-state index contributed by atoms with van der Waals surface area (Å²) < 4.78 is 4.53. The molecule has 2 aromatic carbocycles. The number of hydrogen-bond donors (Lipinski definition) is 0. The Morgan fingerprint density at radius 1 is 0.870 bits per heavy atom. The second-order valence-corrected chi connectivity index (χ2v) is 6.77. The number of rotatable bonds is 0. The summed E-state index contributed by atoms with van der Waals surface area (Å²) in [5, 5.41) is 1.52. The van der Waals surface area contributed by atoms with Crippen molar-refractivity contribution in [3.05, 3.63) is 68.5 Å². The topological polar surface area (TPSA) is 43.0 Å². The third kappa shape index (κ3) is 1.55. The quantitative estimate of drug-likeness (QED) is 0.477. The zero-order chi connectivity index (χ0) is 15.7. The van der Waals surface area contributed by atoms with Gasteiger partial charge in [-0.3, -0.25) is 9.59 Å². The minimum Gasteiger partial charge on any atom is -0.294 e. The molecule has 112 valence electrons. The molecule has 0 spiro atoms. The van der Waals surface area contributed by atoms with Crippen molar-refractivity contribution < 1.29 is 4.79 Å². The van der Waals surface area contributed by atoms with Crippen molar-refractivity contribution in [2.75, 3.05) is 0 Å². The van der Waals surface area contributed by atoms with Crippen LogP contribution in [0, 0.1) is 0 Å². The highest BCUT2D eigenvalue weighted by atomic mass is 79.9. The van der Waals surface area contributed by atoms with Crippen molar-refractivity contribution in [2.45, 2.75) is 12.8 Å². The fraction of sp³-hybridized carbons (Fsp3) is 0.111. The Labute approximate surface area is 139 Å². The molecule has 0 bridgehead atoms. The van der Waals surface area contributed by atoms with E-state index in [1.807, 2.05) is 47.0 Å². The maximum absolute atomic E-state index is 12.9. The molecule has 1 aliphatic rings. The number of benzene rings is 2. The number of aromatic nitrogens is 2. The number of carbonyl (C=O) groups is 1. The molecule has 0 radical (unpaired) electrons. The molecule has 4 nitrogen and oxygen atoms in total. The number of ketones is 1. The lowest BCUT2D eigenvalue weighted by atomic mass is 10.1. The molecule has 0 amide bonds. The first-order chi connectivity index (χ1) is 11.2. The van der Waals surface area contributed by atoms with Gasteiger partial charge in [0.05, 0.1) is 22.1 Å². The molecule has 0 saturated heterocycles. The van der Waals surface area contributed by atoms with Gasteiger partial charge in [-0.1, -0.05) is 28.1 Å². The van der Waals surface area contributed by atoms with Crippen molar-refractivity contribution in [1.29, 1.82) is 0 Å². The maximum atomic E-state index is 12.9. The van der Waals surface area contributed by atoms with E-state index in [2.05, 4.69) is 15.9 Å². The van der Waals surface area contributed by atoms with Crippen molar-refractivity contribution in [3.8, 4) is 0 Å². The molecule has 1 aliphatic carbocycles. The van der Waals surface area contributed by atoms with E-state index in [4.69, 9.17) is 0 Å². The molecular formula is C18H11BrN2O2. The van der Waals surface area contributed by atoms with Crippen LogP contribution in [0.5, 0.6) is 0 Å². The Bertz CT molecular complexity index is 1220. The monoisotopic (exact) mass is 366 g/mol. The summed E-state index contributed by atoms with van der Waals surface area (Å²) in [4.78, 5) is 25.4. The smallest absolute Gasteiger partial charge is 0.279 e. The molecule has 0 saturated carbocycles. The lowest BCUT2D eigenvalue weighted by Crippen LogP contribution is -2.16. The normalized spacial score (nSPS) is 14.2. The molecule has 0 unspecified atom stereocenters. The Morgan fingerprint density at radius 2 is 1.65 bits per heavy atom. The van der Waals surface area contributed by atoms with E-state index in [0.717, 1.165) is 32.1 Å². The number of aryl methyl sites for hydroxylation is 1. The summed E-state index contributed by atoms with van der Waals surface area (Å²) in [6.07, 6.45) is 1.16. The lowest BCUT2D eigenvalue weighted by molar-refractivity contribution is 0.0996. The van der Waals surface area contributed by atoms with Gasteiger partial charge in [0.2, 0.25) is 0 Å². The first-order valence-corrected chi connectivity index (χ1v) is 8.26. The highest BCUT2D eigenvalue weighted by Gasteiger charge is 2.28. The molecule has 0 aliphatic heterocycles. The van der Waals surface area contributed by atoms with Crippen molar-refractivity contribution >= 4 is 43.5 Å². The summed E-state index contributed by atoms with van der Waals surface area (Å²) >= 11 is 3.47. The molecule has 0 fully saturated rings. The van der Waals surface area contributed by atoms with Crippen LogP contribution in [-0.2, 0) is 6.42 Å². The standard InChI is InChI=1S/C18H11BrN2O2/c19-10-5-6-14-12(9-10)17-15(7-8-16(17)22)20-13-4-2-1-3-11(13)18(23)21(14)20/h1-6,9H,7-8H2. The van der Waals surface area contributed by atoms with E-state index >= 15 is 0 Å². The van der Waals surface area contributed by atoms with E-state index in [-0.39, 0.29) is 11.3 Å². The first-order valence-electron chi connectivity index (χ1n) is 7.46. The summed E-state index contributed by atoms with van der Waals surface area (Å²) in [6, 6.07) is 13.3. The van der Waals surface area contributed by atoms with Crippen LogP contribution in [0.3, 0.4) is 0 Å². The van der Waals surface area contributed by atoms with Crippen LogP contribution < -0.4 is 5.56 Å². The summed E-state index contributed by atoms with van der Waals surface area (Å²) in [5.74, 6) is 0.149. The number of nitrogens with zero attached hydrogens (tertiary/aromatic N) is 2. The average molecular weight is 367 g/mol. The Morgan fingerprint density at radius 3 is 2.52 bits per heavy atom. The van der Waals surface area contributed by atoms with Gasteiger partial charge in [0, 0.05) is 21.8 Å². The minimum atomic E-state index is -0.0462. The van der Waals surface area contributed by atoms with Crippen LogP contribution in [-0.4, -0.2) is 14.8 Å². The number of fused-ring (bicyclic) bond motifs is 8. The van der Waals surface area contributed by atoms with Gasteiger partial charge >= 0.3 is 0 Å². The minimum absolute atomic E-state index is 0.0462. The fourth-order valence-corrected chi connectivity index (χ4v) is 4.05. The van der Waals surface area contributed by atoms with E-state index in [1.165, 1.54) is 0 Å². The average Bonchev–Trinajstić information content (AvgIpc) is 3.07. The summed E-state index contributed by atoms with van der Waals surface area (Å²) in [6.45, 7) is 0. The predicted molar refractivity (Wildman–Crippen MR) is 92.5 cm³/mol. The van der Waals surface area contributed by atoms with Crippen LogP contribution in [0.25, 0.3) is 21.8 Å². The molecule has 5 rings (SSSR count). The number of carbonyl (C=O) groups excluding carboxylic acids is 1. The first kappa shape index (κ1) is 13.1. The number of Topliss-reactive ketones (excluding diaryl/α,β-unsaturated/α-hetero) is 1. The van der Waals surface area contributed by atoms with Crippen LogP contribution in [0.1, 0.15) is 22.5 Å². The predicted octanol–water partition coefficient (Wildman–Crippen LogP) is 3.60. The van der Waals surface area contributed by atoms with E-state index in [0.29, 0.717) is 18.2 Å². The molecular weight excluding hydrogens is 356 g/mol. The van der Waals surface area contributed by atoms with Gasteiger partial charge in [0.15, 0.2) is 5.78 Å². The molecule has 0 N–H and O–H groups in total. The summed E-state index contributed by atoms with van der Waals surface area (Å²) in [5.41, 5.74) is 3.26. The third-order valence-corrected chi connectivity index (χ3v) is 5.12. The number of halogens is 1. The molecule has 0 atom stereocenters. The largest absolute Gasteiger partial charge is 0.294 e. The van der Waals surface area contributed by atoms with Crippen molar-refractivity contribution in [1.82, 2.24) is 9.03 Å². The van der Waals surface area contributed by atoms with E-state index in [1.54, 1.807) is 4.52 Å². The van der Waals surface area contributed by atoms with Gasteiger partial charge in [-0.05, 0) is 36.8 Å². The van der Waals surface area contributed by atoms with E-state index in [9.17, 15) is 9.59 Å². The second-order valence-electron chi connectivity index (χ2n) is 5.85. The zero-order valence-corrected chi connectivity index (χ0v) is 13.6. The van der Waals surface area contributed by atoms with Crippen LogP contribution in [0.4, 0.5) is 0 Å². The van der Waals surface area contributed by atoms with Crippen LogP contribution in [0.15, 0.2) is 51.7 Å².